The highest BCUT2D eigenvalue weighted by Crippen LogP contribution is 2.34. The summed E-state index contributed by atoms with van der Waals surface area (Å²) in [7, 11) is 0. The molecule has 0 radical (unpaired) electrons. The highest BCUT2D eigenvalue weighted by Gasteiger charge is 2.53. The first-order valence-electron chi connectivity index (χ1n) is 6.60. The molecule has 0 bridgehead atoms. The Bertz CT molecular complexity index is 328. The van der Waals surface area contributed by atoms with Crippen LogP contribution in [0.4, 0.5) is 17.6 Å². The number of rotatable bonds is 5. The Morgan fingerprint density at radius 3 is 2.26 bits per heavy atom. The minimum atomic E-state index is -4.56. The maximum absolute atomic E-state index is 13.2. The molecule has 2 rings (SSSR count). The monoisotopic (exact) mass is 282 g/mol. The summed E-state index contributed by atoms with van der Waals surface area (Å²) < 4.78 is 50.9. The summed E-state index contributed by atoms with van der Waals surface area (Å²) in [6.45, 7) is 1.73. The third-order valence-corrected chi connectivity index (χ3v) is 3.72. The molecule has 0 unspecified atom stereocenters. The van der Waals surface area contributed by atoms with Crippen molar-refractivity contribution in [2.24, 2.45) is 5.92 Å². The average Bonchev–Trinajstić information content (AvgIpc) is 3.20. The van der Waals surface area contributed by atoms with Gasteiger partial charge in [0, 0.05) is 12.6 Å². The molecule has 1 N–H and O–H groups in total. The molecule has 1 amide bonds. The Morgan fingerprint density at radius 2 is 1.79 bits per heavy atom. The van der Waals surface area contributed by atoms with Crippen LogP contribution >= 0.6 is 0 Å². The molecule has 1 saturated heterocycles. The highest BCUT2D eigenvalue weighted by molar-refractivity contribution is 5.84. The van der Waals surface area contributed by atoms with Crippen LogP contribution in [0.25, 0.3) is 0 Å². The van der Waals surface area contributed by atoms with E-state index in [1.165, 1.54) is 0 Å². The van der Waals surface area contributed by atoms with Gasteiger partial charge in [-0.25, -0.2) is 8.78 Å². The van der Waals surface area contributed by atoms with Crippen LogP contribution in [-0.4, -0.2) is 48.8 Å². The van der Waals surface area contributed by atoms with Crippen LogP contribution < -0.4 is 5.32 Å². The molecule has 110 valence electrons. The molecule has 2 aliphatic rings. The van der Waals surface area contributed by atoms with Crippen molar-refractivity contribution in [1.82, 2.24) is 10.2 Å². The lowest BCUT2D eigenvalue weighted by Gasteiger charge is -2.32. The summed E-state index contributed by atoms with van der Waals surface area (Å²) in [6.07, 6.45) is -1.09. The summed E-state index contributed by atoms with van der Waals surface area (Å²) in [5, 5.41) is 3.14. The average molecular weight is 282 g/mol. The third kappa shape index (κ3) is 3.38. The second-order valence-electron chi connectivity index (χ2n) is 5.31. The van der Waals surface area contributed by atoms with Gasteiger partial charge in [-0.3, -0.25) is 4.79 Å². The number of hydrogen-bond donors (Lipinski definition) is 1. The van der Waals surface area contributed by atoms with Crippen LogP contribution in [0.5, 0.6) is 0 Å². The van der Waals surface area contributed by atoms with Gasteiger partial charge in [0.05, 0.1) is 0 Å². The zero-order valence-electron chi connectivity index (χ0n) is 10.5. The Kier molecular flexibility index (Phi) is 4.32. The largest absolute Gasteiger partial charge is 0.383 e. The maximum Gasteiger partial charge on any atom is 0.383 e. The van der Waals surface area contributed by atoms with Crippen molar-refractivity contribution >= 4 is 5.91 Å². The van der Waals surface area contributed by atoms with Crippen molar-refractivity contribution in [1.29, 1.82) is 0 Å². The van der Waals surface area contributed by atoms with Gasteiger partial charge in [-0.05, 0) is 44.7 Å². The number of alkyl halides is 4. The van der Waals surface area contributed by atoms with E-state index in [0.717, 1.165) is 30.8 Å². The normalized spacial score (nSPS) is 21.7. The summed E-state index contributed by atoms with van der Waals surface area (Å²) in [4.78, 5) is 12.6. The molecule has 0 aromatic heterocycles. The second kappa shape index (κ2) is 5.64. The van der Waals surface area contributed by atoms with Crippen molar-refractivity contribution in [3.8, 4) is 0 Å². The number of nitrogens with one attached hydrogen (secondary N) is 1. The van der Waals surface area contributed by atoms with E-state index in [4.69, 9.17) is 0 Å². The van der Waals surface area contributed by atoms with Crippen molar-refractivity contribution in [2.45, 2.75) is 44.1 Å². The number of hydrogen-bond acceptors (Lipinski definition) is 2. The van der Waals surface area contributed by atoms with Crippen LogP contribution in [0.1, 0.15) is 25.7 Å². The summed E-state index contributed by atoms with van der Waals surface area (Å²) >= 11 is 0. The Morgan fingerprint density at radius 1 is 1.21 bits per heavy atom. The molecule has 2 fully saturated rings. The molecule has 19 heavy (non-hydrogen) atoms. The number of nitrogens with zero attached hydrogens (tertiary/aromatic N) is 1. The Balaban J connectivity index is 2.01. The molecule has 1 saturated carbocycles. The van der Waals surface area contributed by atoms with E-state index in [1.807, 2.05) is 0 Å². The molecule has 1 aliphatic carbocycles. The minimum absolute atomic E-state index is 0.124. The zero-order chi connectivity index (χ0) is 14.0. The number of carbonyl (C=O) groups is 1. The topological polar surface area (TPSA) is 32.3 Å². The van der Waals surface area contributed by atoms with E-state index in [9.17, 15) is 22.4 Å². The lowest BCUT2D eigenvalue weighted by atomic mass is 9.97. The molecule has 0 spiro atoms. The van der Waals surface area contributed by atoms with Gasteiger partial charge in [0.1, 0.15) is 0 Å². The van der Waals surface area contributed by atoms with Gasteiger partial charge in [-0.1, -0.05) is 0 Å². The molecular formula is C12H18F4N2O. The predicted octanol–water partition coefficient (Wildman–Crippen LogP) is 1.88. The molecule has 0 aromatic rings. The van der Waals surface area contributed by atoms with Crippen molar-refractivity contribution in [3.63, 3.8) is 0 Å². The summed E-state index contributed by atoms with van der Waals surface area (Å²) in [6, 6.07) is -0.271. The lowest BCUT2D eigenvalue weighted by molar-refractivity contribution is -0.182. The quantitative estimate of drug-likeness (QED) is 0.781. The zero-order valence-corrected chi connectivity index (χ0v) is 10.5. The van der Waals surface area contributed by atoms with Gasteiger partial charge in [0.25, 0.3) is 5.91 Å². The third-order valence-electron chi connectivity index (χ3n) is 3.72. The number of amides is 1. The number of halogens is 4. The van der Waals surface area contributed by atoms with Crippen LogP contribution in [0.2, 0.25) is 0 Å². The minimum Gasteiger partial charge on any atom is -0.334 e. The van der Waals surface area contributed by atoms with Crippen molar-refractivity contribution in [2.75, 3.05) is 19.6 Å². The van der Waals surface area contributed by atoms with Gasteiger partial charge < -0.3 is 10.2 Å². The van der Waals surface area contributed by atoms with Gasteiger partial charge >= 0.3 is 12.3 Å². The van der Waals surface area contributed by atoms with E-state index < -0.39 is 18.3 Å². The van der Waals surface area contributed by atoms with Crippen molar-refractivity contribution < 1.29 is 22.4 Å². The van der Waals surface area contributed by atoms with Crippen LogP contribution in [-0.2, 0) is 4.79 Å². The number of carbonyl (C=O) groups excluding carboxylic acids is 1. The van der Waals surface area contributed by atoms with E-state index in [-0.39, 0.29) is 18.5 Å². The maximum atomic E-state index is 13.2. The molecule has 1 aliphatic heterocycles. The van der Waals surface area contributed by atoms with Crippen molar-refractivity contribution in [3.05, 3.63) is 0 Å². The van der Waals surface area contributed by atoms with Crippen LogP contribution in [0.3, 0.4) is 0 Å². The van der Waals surface area contributed by atoms with Crippen LogP contribution in [0.15, 0.2) is 0 Å². The Hall–Kier alpha value is -0.850. The molecule has 1 heterocycles. The first-order valence-corrected chi connectivity index (χ1v) is 6.60. The molecule has 0 atom stereocenters. The van der Waals surface area contributed by atoms with Gasteiger partial charge in [-0.15, -0.1) is 0 Å². The van der Waals surface area contributed by atoms with E-state index in [2.05, 4.69) is 5.32 Å². The van der Waals surface area contributed by atoms with E-state index >= 15 is 0 Å². The van der Waals surface area contributed by atoms with Gasteiger partial charge in [0.15, 0.2) is 0 Å². The second-order valence-corrected chi connectivity index (χ2v) is 5.31. The number of piperidine rings is 1. The fraction of sp³-hybridized carbons (Fsp3) is 0.917. The van der Waals surface area contributed by atoms with Gasteiger partial charge in [0.2, 0.25) is 0 Å². The fourth-order valence-electron chi connectivity index (χ4n) is 2.41. The SMILES string of the molecule is O=C(N(CC1CCNCC1)C1CC1)C(F)(F)C(F)F. The molecular weight excluding hydrogens is 264 g/mol. The first-order chi connectivity index (χ1) is 8.93. The lowest BCUT2D eigenvalue weighted by Crippen LogP contribution is -2.50. The standard InChI is InChI=1S/C12H18F4N2O/c13-10(14)12(15,16)11(19)18(9-1-2-9)7-8-3-5-17-6-4-8/h8-10,17H,1-7H2. The predicted molar refractivity (Wildman–Crippen MR) is 61.3 cm³/mol. The Labute approximate surface area is 109 Å². The van der Waals surface area contributed by atoms with E-state index in [0.29, 0.717) is 12.8 Å². The summed E-state index contributed by atoms with van der Waals surface area (Å²) in [5.74, 6) is -6.14. The smallest absolute Gasteiger partial charge is 0.334 e. The molecule has 0 aromatic carbocycles. The molecule has 7 heteroatoms. The highest BCUT2D eigenvalue weighted by atomic mass is 19.3. The first kappa shape index (κ1) is 14.6. The summed E-state index contributed by atoms with van der Waals surface area (Å²) in [5.41, 5.74) is 0. The van der Waals surface area contributed by atoms with Crippen LogP contribution in [0, 0.1) is 5.92 Å². The molecule has 3 nitrogen and oxygen atoms in total. The van der Waals surface area contributed by atoms with E-state index in [1.54, 1.807) is 0 Å². The fourth-order valence-corrected chi connectivity index (χ4v) is 2.41. The van der Waals surface area contributed by atoms with Gasteiger partial charge in [-0.2, -0.15) is 8.78 Å².